The van der Waals surface area contributed by atoms with E-state index < -0.39 is 0 Å². The van der Waals surface area contributed by atoms with Gasteiger partial charge in [-0.15, -0.1) is 10.2 Å². The number of anilines is 1. The van der Waals surface area contributed by atoms with Crippen LogP contribution >= 0.6 is 27.7 Å². The van der Waals surface area contributed by atoms with Gasteiger partial charge in [0.1, 0.15) is 0 Å². The van der Waals surface area contributed by atoms with Crippen molar-refractivity contribution >= 4 is 39.3 Å². The highest BCUT2D eigenvalue weighted by molar-refractivity contribution is 9.10. The fraction of sp³-hybridized carbons (Fsp3) is 0.118. The van der Waals surface area contributed by atoms with Gasteiger partial charge < -0.3 is 11.2 Å². The second-order valence-electron chi connectivity index (χ2n) is 5.39. The first-order chi connectivity index (χ1) is 12.0. The molecule has 3 N–H and O–H groups in total. The topological polar surface area (TPSA) is 85.8 Å². The summed E-state index contributed by atoms with van der Waals surface area (Å²) in [4.78, 5) is 12.1. The first-order valence-corrected chi connectivity index (χ1v) is 9.26. The minimum absolute atomic E-state index is 0.136. The van der Waals surface area contributed by atoms with E-state index in [9.17, 15) is 4.79 Å². The number of halogens is 1. The van der Waals surface area contributed by atoms with Gasteiger partial charge in [0.15, 0.2) is 5.82 Å². The molecule has 1 aromatic heterocycles. The number of nitrogen functional groups attached to an aromatic ring is 1. The molecule has 3 rings (SSSR count). The van der Waals surface area contributed by atoms with Gasteiger partial charge in [0.2, 0.25) is 11.1 Å². The number of benzene rings is 2. The van der Waals surface area contributed by atoms with Gasteiger partial charge in [0.05, 0.1) is 5.75 Å². The molecule has 0 saturated carbocycles. The fourth-order valence-corrected chi connectivity index (χ4v) is 3.31. The number of aryl methyl sites for hydroxylation is 1. The van der Waals surface area contributed by atoms with Crippen molar-refractivity contribution in [1.29, 1.82) is 0 Å². The van der Waals surface area contributed by atoms with E-state index >= 15 is 0 Å². The molecular weight excluding hydrogens is 402 g/mol. The van der Waals surface area contributed by atoms with Gasteiger partial charge in [-0.25, -0.2) is 4.68 Å². The largest absolute Gasteiger partial charge is 0.335 e. The summed E-state index contributed by atoms with van der Waals surface area (Å²) in [6.45, 7) is 2.00. The molecule has 0 atom stereocenters. The smallest absolute Gasteiger partial charge is 0.234 e. The monoisotopic (exact) mass is 417 g/mol. The lowest BCUT2D eigenvalue weighted by Gasteiger charge is -2.06. The molecule has 0 bridgehead atoms. The van der Waals surface area contributed by atoms with Crippen molar-refractivity contribution in [2.24, 2.45) is 0 Å². The molecule has 1 amide bonds. The predicted molar refractivity (Wildman–Crippen MR) is 104 cm³/mol. The van der Waals surface area contributed by atoms with Crippen LogP contribution in [0.2, 0.25) is 0 Å². The van der Waals surface area contributed by atoms with E-state index in [-0.39, 0.29) is 11.7 Å². The first kappa shape index (κ1) is 17.5. The molecule has 6 nitrogen and oxygen atoms in total. The van der Waals surface area contributed by atoms with E-state index in [1.54, 1.807) is 0 Å². The fourth-order valence-electron chi connectivity index (χ4n) is 2.25. The molecule has 25 heavy (non-hydrogen) atoms. The summed E-state index contributed by atoms with van der Waals surface area (Å²) < 4.78 is 2.31. The molecule has 0 aliphatic rings. The number of rotatable bonds is 5. The van der Waals surface area contributed by atoms with Gasteiger partial charge in [0.25, 0.3) is 0 Å². The van der Waals surface area contributed by atoms with Gasteiger partial charge in [-0.1, -0.05) is 57.5 Å². The Balaban J connectivity index is 1.65. The van der Waals surface area contributed by atoms with E-state index in [1.165, 1.54) is 16.4 Å². The summed E-state index contributed by atoms with van der Waals surface area (Å²) in [6, 6.07) is 15.3. The SMILES string of the molecule is Cc1cccc(-c2nnc(SCC(=O)Nc3cccc(Br)c3)n2N)c1. The molecule has 0 radical (unpaired) electrons. The molecule has 128 valence electrons. The first-order valence-electron chi connectivity index (χ1n) is 7.48. The van der Waals surface area contributed by atoms with Crippen LogP contribution < -0.4 is 11.2 Å². The number of nitrogens with zero attached hydrogens (tertiary/aromatic N) is 3. The van der Waals surface area contributed by atoms with Gasteiger partial charge >= 0.3 is 0 Å². The third-order valence-electron chi connectivity index (χ3n) is 3.38. The third kappa shape index (κ3) is 4.40. The van der Waals surface area contributed by atoms with Crippen LogP contribution in [-0.4, -0.2) is 26.5 Å². The van der Waals surface area contributed by atoms with Crippen molar-refractivity contribution in [3.8, 4) is 11.4 Å². The zero-order valence-corrected chi connectivity index (χ0v) is 15.8. The molecule has 3 aromatic rings. The van der Waals surface area contributed by atoms with Crippen molar-refractivity contribution < 1.29 is 4.79 Å². The Morgan fingerprint density at radius 2 is 2.04 bits per heavy atom. The van der Waals surface area contributed by atoms with Crippen LogP contribution in [0.1, 0.15) is 5.56 Å². The molecule has 0 spiro atoms. The maximum atomic E-state index is 12.1. The molecule has 8 heteroatoms. The van der Waals surface area contributed by atoms with Gasteiger partial charge in [0, 0.05) is 15.7 Å². The Hall–Kier alpha value is -2.32. The number of thioether (sulfide) groups is 1. The number of hydrogen-bond donors (Lipinski definition) is 2. The number of aromatic nitrogens is 3. The summed E-state index contributed by atoms with van der Waals surface area (Å²) in [7, 11) is 0. The van der Waals surface area contributed by atoms with Crippen LogP contribution in [0, 0.1) is 6.92 Å². The minimum Gasteiger partial charge on any atom is -0.335 e. The van der Waals surface area contributed by atoms with Crippen molar-refractivity contribution in [2.45, 2.75) is 12.1 Å². The number of amides is 1. The maximum Gasteiger partial charge on any atom is 0.234 e. The van der Waals surface area contributed by atoms with Crippen molar-refractivity contribution in [1.82, 2.24) is 14.9 Å². The van der Waals surface area contributed by atoms with Crippen molar-refractivity contribution in [3.05, 3.63) is 58.6 Å². The van der Waals surface area contributed by atoms with E-state index in [0.717, 1.165) is 21.3 Å². The molecular formula is C17H16BrN5OS. The Labute approximate surface area is 157 Å². The molecule has 0 fully saturated rings. The average Bonchev–Trinajstić information content (AvgIpc) is 2.94. The van der Waals surface area contributed by atoms with Crippen LogP contribution in [0.25, 0.3) is 11.4 Å². The lowest BCUT2D eigenvalue weighted by molar-refractivity contribution is -0.113. The summed E-state index contributed by atoms with van der Waals surface area (Å²) in [5.41, 5.74) is 2.73. The Morgan fingerprint density at radius 3 is 2.80 bits per heavy atom. The molecule has 0 unspecified atom stereocenters. The van der Waals surface area contributed by atoms with Gasteiger partial charge in [-0.3, -0.25) is 4.79 Å². The number of nitrogens with two attached hydrogens (primary N) is 1. The standard InChI is InChI=1S/C17H16BrN5OS/c1-11-4-2-5-12(8-11)16-21-22-17(23(16)19)25-10-15(24)20-14-7-3-6-13(18)9-14/h2-9H,10,19H2,1H3,(H,20,24). The van der Waals surface area contributed by atoms with Gasteiger partial charge in [-0.2, -0.15) is 0 Å². The number of carbonyl (C=O) groups excluding carboxylic acids is 1. The third-order valence-corrected chi connectivity index (χ3v) is 4.82. The predicted octanol–water partition coefficient (Wildman–Crippen LogP) is 3.46. The van der Waals surface area contributed by atoms with Crippen LogP contribution in [0.5, 0.6) is 0 Å². The molecule has 0 aliphatic heterocycles. The van der Waals surface area contributed by atoms with Crippen molar-refractivity contribution in [3.63, 3.8) is 0 Å². The van der Waals surface area contributed by atoms with E-state index in [4.69, 9.17) is 5.84 Å². The second-order valence-corrected chi connectivity index (χ2v) is 7.25. The molecule has 0 aliphatic carbocycles. The summed E-state index contributed by atoms with van der Waals surface area (Å²) >= 11 is 4.61. The molecule has 2 aromatic carbocycles. The normalized spacial score (nSPS) is 10.6. The Morgan fingerprint density at radius 1 is 1.24 bits per heavy atom. The molecule has 0 saturated heterocycles. The Bertz CT molecular complexity index is 912. The highest BCUT2D eigenvalue weighted by Crippen LogP contribution is 2.22. The van der Waals surface area contributed by atoms with Crippen LogP contribution in [0.15, 0.2) is 58.2 Å². The van der Waals surface area contributed by atoms with Gasteiger partial charge in [-0.05, 0) is 31.2 Å². The van der Waals surface area contributed by atoms with Crippen LogP contribution in [0.3, 0.4) is 0 Å². The summed E-state index contributed by atoms with van der Waals surface area (Å²) in [5.74, 6) is 6.70. The summed E-state index contributed by atoms with van der Waals surface area (Å²) in [5, 5.41) is 11.5. The summed E-state index contributed by atoms with van der Waals surface area (Å²) in [6.07, 6.45) is 0. The zero-order chi connectivity index (χ0) is 17.8. The Kier molecular flexibility index (Phi) is 5.40. The lowest BCUT2D eigenvalue weighted by atomic mass is 10.1. The van der Waals surface area contributed by atoms with Crippen LogP contribution in [-0.2, 0) is 4.79 Å². The van der Waals surface area contributed by atoms with E-state index in [2.05, 4.69) is 31.4 Å². The average molecular weight is 418 g/mol. The molecule has 1 heterocycles. The van der Waals surface area contributed by atoms with E-state index in [0.29, 0.717) is 11.0 Å². The zero-order valence-electron chi connectivity index (χ0n) is 13.4. The number of hydrogen-bond acceptors (Lipinski definition) is 5. The lowest BCUT2D eigenvalue weighted by Crippen LogP contribution is -2.16. The number of carbonyl (C=O) groups is 1. The minimum atomic E-state index is -0.136. The highest BCUT2D eigenvalue weighted by atomic mass is 79.9. The maximum absolute atomic E-state index is 12.1. The number of nitrogens with one attached hydrogen (secondary N) is 1. The second kappa shape index (κ2) is 7.71. The van der Waals surface area contributed by atoms with Crippen LogP contribution in [0.4, 0.5) is 5.69 Å². The highest BCUT2D eigenvalue weighted by Gasteiger charge is 2.14. The van der Waals surface area contributed by atoms with Crippen molar-refractivity contribution in [2.75, 3.05) is 16.9 Å². The van der Waals surface area contributed by atoms with E-state index in [1.807, 2.05) is 55.5 Å². The quantitative estimate of drug-likeness (QED) is 0.490.